The van der Waals surface area contributed by atoms with Crippen molar-refractivity contribution in [2.75, 3.05) is 19.6 Å². The Morgan fingerprint density at radius 1 is 0.895 bits per heavy atom. The molecule has 0 fully saturated rings. The van der Waals surface area contributed by atoms with Crippen molar-refractivity contribution in [3.05, 3.63) is 35.4 Å². The van der Waals surface area contributed by atoms with Crippen LogP contribution in [0.4, 0.5) is 0 Å². The van der Waals surface area contributed by atoms with Gasteiger partial charge in [0, 0.05) is 31.6 Å². The van der Waals surface area contributed by atoms with Crippen molar-refractivity contribution in [1.82, 2.24) is 26.6 Å². The third-order valence-electron chi connectivity index (χ3n) is 5.37. The summed E-state index contributed by atoms with van der Waals surface area (Å²) in [6.07, 6.45) is -0.326. The Labute approximate surface area is 218 Å². The number of amides is 5. The van der Waals surface area contributed by atoms with Crippen molar-refractivity contribution in [3.8, 4) is 0 Å². The van der Waals surface area contributed by atoms with Crippen molar-refractivity contribution in [3.63, 3.8) is 0 Å². The number of hydrogen-bond donors (Lipinski definition) is 8. The molecule has 3 rings (SSSR count). The Morgan fingerprint density at radius 2 is 1.53 bits per heavy atom. The van der Waals surface area contributed by atoms with Crippen LogP contribution >= 0.6 is 0 Å². The van der Waals surface area contributed by atoms with Crippen LogP contribution in [-0.4, -0.2) is 78.3 Å². The molecule has 1 aromatic rings. The van der Waals surface area contributed by atoms with E-state index in [0.29, 0.717) is 17.5 Å². The van der Waals surface area contributed by atoms with Crippen LogP contribution in [-0.2, 0) is 30.5 Å². The SMILES string of the molecule is NC(N)=NCCC[C@@H]1NC(=O)CCNC(=O)c2ccc(cc2)CNC(=O)[C@H](CC(=O)O)NC(=O)CNC1=O. The van der Waals surface area contributed by atoms with E-state index in [1.54, 1.807) is 12.1 Å². The number of carbonyl (C=O) groups excluding carboxylic acids is 5. The molecule has 2 aliphatic heterocycles. The number of fused-ring (bicyclic) bond motifs is 17. The van der Waals surface area contributed by atoms with Crippen LogP contribution in [0.5, 0.6) is 0 Å². The molecular weight excluding hydrogens is 500 g/mol. The number of nitrogens with one attached hydrogen (secondary N) is 5. The summed E-state index contributed by atoms with van der Waals surface area (Å²) in [5.41, 5.74) is 11.5. The van der Waals surface area contributed by atoms with Crippen LogP contribution in [0.2, 0.25) is 0 Å². The monoisotopic (exact) mass is 532 g/mol. The lowest BCUT2D eigenvalue weighted by molar-refractivity contribution is -0.140. The molecule has 0 unspecified atom stereocenters. The Hall–Kier alpha value is -4.69. The molecule has 0 radical (unpaired) electrons. The van der Waals surface area contributed by atoms with Gasteiger partial charge in [-0.15, -0.1) is 0 Å². The second kappa shape index (κ2) is 14.8. The lowest BCUT2D eigenvalue weighted by Crippen LogP contribution is -2.52. The van der Waals surface area contributed by atoms with Gasteiger partial charge in [-0.2, -0.15) is 0 Å². The van der Waals surface area contributed by atoms with Gasteiger partial charge in [0.2, 0.25) is 23.6 Å². The molecule has 15 nitrogen and oxygen atoms in total. The van der Waals surface area contributed by atoms with Gasteiger partial charge in [-0.05, 0) is 30.5 Å². The maximum Gasteiger partial charge on any atom is 0.305 e. The fraction of sp³-hybridized carbons (Fsp3) is 0.435. The fourth-order valence-corrected chi connectivity index (χ4v) is 3.44. The van der Waals surface area contributed by atoms with Gasteiger partial charge in [0.25, 0.3) is 5.91 Å². The van der Waals surface area contributed by atoms with Crippen molar-refractivity contribution in [2.24, 2.45) is 16.5 Å². The number of benzene rings is 1. The van der Waals surface area contributed by atoms with Crippen LogP contribution in [0.15, 0.2) is 29.3 Å². The van der Waals surface area contributed by atoms with Gasteiger partial charge in [-0.25, -0.2) is 0 Å². The van der Waals surface area contributed by atoms with E-state index in [4.69, 9.17) is 16.6 Å². The summed E-state index contributed by atoms with van der Waals surface area (Å²) in [7, 11) is 0. The number of hydrogen-bond acceptors (Lipinski definition) is 7. The zero-order chi connectivity index (χ0) is 28.1. The molecule has 2 atom stereocenters. The van der Waals surface area contributed by atoms with Gasteiger partial charge in [-0.1, -0.05) is 12.1 Å². The van der Waals surface area contributed by atoms with Crippen LogP contribution in [0, 0.1) is 0 Å². The van der Waals surface area contributed by atoms with E-state index < -0.39 is 60.6 Å². The number of nitrogens with zero attached hydrogens (tertiary/aromatic N) is 1. The molecule has 206 valence electrons. The molecule has 10 N–H and O–H groups in total. The summed E-state index contributed by atoms with van der Waals surface area (Å²) in [5.74, 6) is -4.60. The smallest absolute Gasteiger partial charge is 0.305 e. The minimum absolute atomic E-state index is 0.0121. The van der Waals surface area contributed by atoms with Gasteiger partial charge >= 0.3 is 5.97 Å². The normalized spacial score (nSPS) is 19.7. The standard InChI is InChI=1S/C23H32N8O7/c24-23(25)27-8-1-2-15-21(37)29-12-18(33)31-16(10-19(34)35)22(38)28-11-13-3-5-14(6-4-13)20(36)26-9-7-17(32)30-15/h3-6,15-16H,1-2,7-12H2,(H,26,36)(H,28,38)(H,29,37)(H,30,32)(H,31,33)(H,34,35)(H4,24,25,27)/t15-,16-/m0/s1. The predicted octanol–water partition coefficient (Wildman–Crippen LogP) is -2.95. The van der Waals surface area contributed by atoms with Gasteiger partial charge in [0.05, 0.1) is 13.0 Å². The highest BCUT2D eigenvalue weighted by atomic mass is 16.4. The largest absolute Gasteiger partial charge is 0.481 e. The highest BCUT2D eigenvalue weighted by Crippen LogP contribution is 2.06. The summed E-state index contributed by atoms with van der Waals surface area (Å²) >= 11 is 0. The molecule has 1 aromatic carbocycles. The van der Waals surface area contributed by atoms with E-state index in [1.807, 2.05) is 0 Å². The highest BCUT2D eigenvalue weighted by molar-refractivity contribution is 5.95. The molecule has 38 heavy (non-hydrogen) atoms. The summed E-state index contributed by atoms with van der Waals surface area (Å²) in [6, 6.07) is 3.82. The summed E-state index contributed by atoms with van der Waals surface area (Å²) in [6.45, 7) is -0.341. The lowest BCUT2D eigenvalue weighted by Gasteiger charge is -2.20. The Kier molecular flexibility index (Phi) is 11.5. The van der Waals surface area contributed by atoms with Crippen LogP contribution in [0.25, 0.3) is 0 Å². The van der Waals surface area contributed by atoms with Gasteiger partial charge in [0.1, 0.15) is 12.1 Å². The molecule has 15 heteroatoms. The first kappa shape index (κ1) is 29.5. The maximum absolute atomic E-state index is 12.7. The first-order chi connectivity index (χ1) is 18.0. The molecule has 0 spiro atoms. The van der Waals surface area contributed by atoms with E-state index in [9.17, 15) is 28.8 Å². The summed E-state index contributed by atoms with van der Waals surface area (Å²) < 4.78 is 0. The third kappa shape index (κ3) is 10.5. The van der Waals surface area contributed by atoms with Crippen molar-refractivity contribution >= 4 is 41.5 Å². The number of aliphatic imine (C=N–C) groups is 1. The van der Waals surface area contributed by atoms with E-state index >= 15 is 0 Å². The van der Waals surface area contributed by atoms with Gasteiger partial charge in [0.15, 0.2) is 5.96 Å². The first-order valence-corrected chi connectivity index (χ1v) is 11.8. The number of rotatable bonds is 6. The number of carboxylic acid groups (broad SMARTS) is 1. The molecule has 5 amide bonds. The Balaban J connectivity index is 2.20. The Bertz CT molecular complexity index is 1070. The molecule has 0 aromatic heterocycles. The zero-order valence-corrected chi connectivity index (χ0v) is 20.6. The van der Waals surface area contributed by atoms with E-state index in [1.165, 1.54) is 12.1 Å². The van der Waals surface area contributed by atoms with Crippen LogP contribution < -0.4 is 38.1 Å². The molecule has 0 aliphatic carbocycles. The van der Waals surface area contributed by atoms with Gasteiger partial charge < -0.3 is 43.2 Å². The maximum atomic E-state index is 12.7. The Morgan fingerprint density at radius 3 is 2.18 bits per heavy atom. The second-order valence-electron chi connectivity index (χ2n) is 8.43. The average Bonchev–Trinajstić information content (AvgIpc) is 2.86. The third-order valence-corrected chi connectivity index (χ3v) is 5.37. The lowest BCUT2D eigenvalue weighted by atomic mass is 10.1. The van der Waals surface area contributed by atoms with Crippen molar-refractivity contribution < 1.29 is 33.9 Å². The zero-order valence-electron chi connectivity index (χ0n) is 20.6. The van der Waals surface area contributed by atoms with Gasteiger partial charge in [-0.3, -0.25) is 33.8 Å². The molecule has 0 saturated heterocycles. The predicted molar refractivity (Wildman–Crippen MR) is 134 cm³/mol. The summed E-state index contributed by atoms with van der Waals surface area (Å²) in [5, 5.41) is 21.5. The second-order valence-corrected chi connectivity index (χ2v) is 8.43. The van der Waals surface area contributed by atoms with E-state index in [2.05, 4.69) is 31.6 Å². The minimum atomic E-state index is -1.40. The van der Waals surface area contributed by atoms with Crippen molar-refractivity contribution in [2.45, 2.75) is 44.3 Å². The summed E-state index contributed by atoms with van der Waals surface area (Å²) in [4.78, 5) is 77.5. The van der Waals surface area contributed by atoms with E-state index in [0.717, 1.165) is 0 Å². The minimum Gasteiger partial charge on any atom is -0.481 e. The number of carbonyl (C=O) groups is 6. The number of aliphatic carboxylic acids is 1. The van der Waals surface area contributed by atoms with Crippen LogP contribution in [0.3, 0.4) is 0 Å². The fourth-order valence-electron chi connectivity index (χ4n) is 3.44. The quantitative estimate of drug-likeness (QED) is 0.0806. The molecular formula is C23H32N8O7. The van der Waals surface area contributed by atoms with E-state index in [-0.39, 0.29) is 38.4 Å². The van der Waals surface area contributed by atoms with Crippen molar-refractivity contribution in [1.29, 1.82) is 0 Å². The van der Waals surface area contributed by atoms with Crippen LogP contribution in [0.1, 0.15) is 41.6 Å². The highest BCUT2D eigenvalue weighted by Gasteiger charge is 2.25. The molecule has 2 heterocycles. The molecule has 0 saturated carbocycles. The number of nitrogens with two attached hydrogens (primary N) is 2. The first-order valence-electron chi connectivity index (χ1n) is 11.8. The molecule has 2 bridgehead atoms. The molecule has 2 aliphatic rings. The average molecular weight is 533 g/mol. The topological polar surface area (TPSA) is 247 Å². The number of carboxylic acids is 1. The number of guanidine groups is 1.